The molecule has 1 saturated heterocycles. The number of amides is 5. The van der Waals surface area contributed by atoms with Crippen molar-refractivity contribution in [2.24, 2.45) is 11.7 Å². The smallest absolute Gasteiger partial charge is 0.328 e. The standard InChI is InChI=1S/C24H19FN4O6S2/c1-35-14-8-6-13(7-9-14)27-15(30)10-28-22-19(37-24(28)34)16(11-2-4-12(25)5-3-11)17-18(36-22)21(32)29(20(17)31)23(26)33/h2-9,16-18H,10H2,1H3,(H2,26,33)(H,27,30)/t16-,17+,18-/m0/s1. The number of anilines is 1. The van der Waals surface area contributed by atoms with Crippen LogP contribution in [0, 0.1) is 11.7 Å². The van der Waals surface area contributed by atoms with Crippen molar-refractivity contribution >= 4 is 52.5 Å². The molecule has 2 aliphatic rings. The van der Waals surface area contributed by atoms with Crippen LogP contribution in [0.5, 0.6) is 5.75 Å². The van der Waals surface area contributed by atoms with E-state index < -0.39 is 51.5 Å². The highest BCUT2D eigenvalue weighted by molar-refractivity contribution is 8.00. The number of carbonyl (C=O) groups is 4. The molecule has 0 saturated carbocycles. The molecule has 3 atom stereocenters. The average molecular weight is 543 g/mol. The molecule has 3 heterocycles. The highest BCUT2D eigenvalue weighted by atomic mass is 32.2. The number of aromatic nitrogens is 1. The molecule has 5 amide bonds. The maximum Gasteiger partial charge on any atom is 0.328 e. The molecular weight excluding hydrogens is 523 g/mol. The second-order valence-electron chi connectivity index (χ2n) is 8.34. The molecule has 0 bridgehead atoms. The lowest BCUT2D eigenvalue weighted by atomic mass is 9.83. The van der Waals surface area contributed by atoms with Gasteiger partial charge in [-0.25, -0.2) is 9.18 Å². The number of thioether (sulfide) groups is 1. The number of primary amides is 1. The number of rotatable bonds is 5. The Balaban J connectivity index is 1.53. The Labute approximate surface area is 217 Å². The summed E-state index contributed by atoms with van der Waals surface area (Å²) in [5.74, 6) is -3.79. The van der Waals surface area contributed by atoms with E-state index in [-0.39, 0.29) is 6.54 Å². The van der Waals surface area contributed by atoms with E-state index >= 15 is 0 Å². The van der Waals surface area contributed by atoms with Gasteiger partial charge in [-0.2, -0.15) is 4.90 Å². The van der Waals surface area contributed by atoms with Crippen molar-refractivity contribution in [3.63, 3.8) is 0 Å². The van der Waals surface area contributed by atoms with Crippen molar-refractivity contribution in [1.29, 1.82) is 0 Å². The third kappa shape index (κ3) is 4.29. The predicted octanol–water partition coefficient (Wildman–Crippen LogP) is 2.37. The van der Waals surface area contributed by atoms with Gasteiger partial charge in [0.15, 0.2) is 0 Å². The van der Waals surface area contributed by atoms with Crippen LogP contribution in [0.15, 0.2) is 58.4 Å². The minimum absolute atomic E-state index is 0.336. The molecule has 3 aromatic rings. The zero-order valence-electron chi connectivity index (χ0n) is 19.2. The van der Waals surface area contributed by atoms with Gasteiger partial charge in [0, 0.05) is 16.5 Å². The highest BCUT2D eigenvalue weighted by Gasteiger charge is 2.57. The molecule has 190 valence electrons. The Morgan fingerprint density at radius 1 is 1.05 bits per heavy atom. The van der Waals surface area contributed by atoms with Crippen molar-refractivity contribution in [2.75, 3.05) is 12.4 Å². The summed E-state index contributed by atoms with van der Waals surface area (Å²) in [6.07, 6.45) is 0. The van der Waals surface area contributed by atoms with Gasteiger partial charge in [0.25, 0.3) is 5.91 Å². The van der Waals surface area contributed by atoms with Gasteiger partial charge in [-0.05, 0) is 42.0 Å². The second kappa shape index (κ2) is 9.48. The van der Waals surface area contributed by atoms with E-state index in [0.717, 1.165) is 23.1 Å². The van der Waals surface area contributed by atoms with Crippen LogP contribution >= 0.6 is 23.1 Å². The summed E-state index contributed by atoms with van der Waals surface area (Å²) in [5.41, 5.74) is 6.28. The van der Waals surface area contributed by atoms with Crippen LogP contribution in [0.1, 0.15) is 16.4 Å². The first-order chi connectivity index (χ1) is 17.7. The van der Waals surface area contributed by atoms with Gasteiger partial charge in [0.05, 0.1) is 18.1 Å². The second-order valence-corrected chi connectivity index (χ2v) is 10.5. The molecule has 2 aliphatic heterocycles. The van der Waals surface area contributed by atoms with Gasteiger partial charge in [-0.15, -0.1) is 0 Å². The topological polar surface area (TPSA) is 141 Å². The lowest BCUT2D eigenvalue weighted by molar-refractivity contribution is -0.135. The first-order valence-corrected chi connectivity index (χ1v) is 12.7. The number of thiazole rings is 1. The number of urea groups is 1. The van der Waals surface area contributed by atoms with Gasteiger partial charge < -0.3 is 15.8 Å². The fourth-order valence-corrected chi connectivity index (χ4v) is 7.29. The molecule has 2 aromatic carbocycles. The van der Waals surface area contributed by atoms with Crippen molar-refractivity contribution in [3.8, 4) is 5.75 Å². The number of nitrogens with zero attached hydrogens (tertiary/aromatic N) is 2. The summed E-state index contributed by atoms with van der Waals surface area (Å²) >= 11 is 1.78. The number of benzene rings is 2. The molecular formula is C24H19FN4O6S2. The van der Waals surface area contributed by atoms with Crippen molar-refractivity contribution in [2.45, 2.75) is 22.7 Å². The van der Waals surface area contributed by atoms with Crippen LogP contribution < -0.4 is 20.7 Å². The maximum absolute atomic E-state index is 13.7. The van der Waals surface area contributed by atoms with E-state index in [2.05, 4.69) is 5.32 Å². The van der Waals surface area contributed by atoms with Gasteiger partial charge >= 0.3 is 10.9 Å². The fourth-order valence-electron chi connectivity index (χ4n) is 4.52. The largest absolute Gasteiger partial charge is 0.497 e. The third-order valence-corrected chi connectivity index (χ3v) is 8.78. The van der Waals surface area contributed by atoms with Gasteiger partial charge in [0.2, 0.25) is 11.8 Å². The van der Waals surface area contributed by atoms with Gasteiger partial charge in [0.1, 0.15) is 23.4 Å². The lowest BCUT2D eigenvalue weighted by Gasteiger charge is -2.30. The Morgan fingerprint density at radius 2 is 1.73 bits per heavy atom. The Kier molecular flexibility index (Phi) is 6.33. The fraction of sp³-hybridized carbons (Fsp3) is 0.208. The van der Waals surface area contributed by atoms with Crippen LogP contribution in [-0.4, -0.2) is 45.6 Å². The van der Waals surface area contributed by atoms with E-state index in [9.17, 15) is 28.4 Å². The number of ether oxygens (including phenoxy) is 1. The highest BCUT2D eigenvalue weighted by Crippen LogP contribution is 2.53. The van der Waals surface area contributed by atoms with Gasteiger partial charge in [-0.3, -0.25) is 23.7 Å². The summed E-state index contributed by atoms with van der Waals surface area (Å²) in [4.78, 5) is 64.3. The average Bonchev–Trinajstić information content (AvgIpc) is 3.31. The lowest BCUT2D eigenvalue weighted by Crippen LogP contribution is -2.41. The molecule has 0 unspecified atom stereocenters. The number of halogens is 1. The minimum Gasteiger partial charge on any atom is -0.497 e. The summed E-state index contributed by atoms with van der Waals surface area (Å²) in [5, 5.41) is 2.00. The van der Waals surface area contributed by atoms with Crippen molar-refractivity contribution in [1.82, 2.24) is 9.47 Å². The normalized spacial score (nSPS) is 20.4. The van der Waals surface area contributed by atoms with Crippen LogP contribution in [0.2, 0.25) is 0 Å². The zero-order chi connectivity index (χ0) is 26.4. The molecule has 0 spiro atoms. The summed E-state index contributed by atoms with van der Waals surface area (Å²) in [6.45, 7) is -0.348. The number of imide groups is 3. The third-order valence-electron chi connectivity index (χ3n) is 6.17. The quantitative estimate of drug-likeness (QED) is 0.472. The molecule has 37 heavy (non-hydrogen) atoms. The van der Waals surface area contributed by atoms with Crippen molar-refractivity contribution in [3.05, 3.63) is 74.5 Å². The predicted molar refractivity (Wildman–Crippen MR) is 133 cm³/mol. The molecule has 1 fully saturated rings. The number of likely N-dealkylation sites (tertiary alicyclic amines) is 1. The summed E-state index contributed by atoms with van der Waals surface area (Å²) < 4.78 is 20.0. The Hall–Kier alpha value is -3.97. The molecule has 0 aliphatic carbocycles. The van der Waals surface area contributed by atoms with Crippen molar-refractivity contribution < 1.29 is 28.3 Å². The number of nitrogens with two attached hydrogens (primary N) is 1. The van der Waals surface area contributed by atoms with Crippen LogP contribution in [0.25, 0.3) is 0 Å². The van der Waals surface area contributed by atoms with E-state index in [1.54, 1.807) is 24.3 Å². The molecule has 13 heteroatoms. The number of methoxy groups -OCH3 is 1. The van der Waals surface area contributed by atoms with E-state index in [1.807, 2.05) is 0 Å². The molecule has 0 radical (unpaired) electrons. The summed E-state index contributed by atoms with van der Waals surface area (Å²) in [6, 6.07) is 10.8. The van der Waals surface area contributed by atoms with E-state index in [0.29, 0.717) is 31.8 Å². The number of nitrogens with one attached hydrogen (secondary N) is 1. The summed E-state index contributed by atoms with van der Waals surface area (Å²) in [7, 11) is 1.52. The van der Waals surface area contributed by atoms with Crippen LogP contribution in [0.4, 0.5) is 14.9 Å². The Bertz CT molecular complexity index is 1480. The monoisotopic (exact) mass is 542 g/mol. The SMILES string of the molecule is COc1ccc(NC(=O)Cn2c3c(sc2=O)[C@@H](c2ccc(F)cc2)[C@H]2C(=O)N(C(N)=O)C(=O)[C@H]2S3)cc1. The number of carbonyl (C=O) groups excluding carboxylic acids is 4. The Morgan fingerprint density at radius 3 is 2.35 bits per heavy atom. The molecule has 1 aromatic heterocycles. The first-order valence-electron chi connectivity index (χ1n) is 11.0. The first kappa shape index (κ1) is 24.7. The molecule has 3 N–H and O–H groups in total. The number of hydrogen-bond acceptors (Lipinski definition) is 8. The van der Waals surface area contributed by atoms with E-state index in [1.165, 1.54) is 35.9 Å². The maximum atomic E-state index is 13.7. The van der Waals surface area contributed by atoms with Crippen LogP contribution in [-0.2, 0) is 20.9 Å². The van der Waals surface area contributed by atoms with Crippen LogP contribution in [0.3, 0.4) is 0 Å². The molecule has 10 nitrogen and oxygen atoms in total. The number of hydrogen-bond donors (Lipinski definition) is 2. The number of fused-ring (bicyclic) bond motifs is 2. The minimum atomic E-state index is -1.19. The zero-order valence-corrected chi connectivity index (χ0v) is 20.8. The molecule has 5 rings (SSSR count). The van der Waals surface area contributed by atoms with Gasteiger partial charge in [-0.1, -0.05) is 35.2 Å². The van der Waals surface area contributed by atoms with E-state index in [4.69, 9.17) is 10.5 Å².